The molecule has 0 atom stereocenters. The molecule has 1 aromatic carbocycles. The molecule has 1 rings (SSSR count). The summed E-state index contributed by atoms with van der Waals surface area (Å²) in [5.41, 5.74) is 1.47. The number of rotatable bonds is 15. The zero-order chi connectivity index (χ0) is 17.3. The topological polar surface area (TPSA) is 26.3 Å². The lowest BCUT2D eigenvalue weighted by Crippen LogP contribution is -2.01. The minimum absolute atomic E-state index is 0.307. The summed E-state index contributed by atoms with van der Waals surface area (Å²) in [6, 6.07) is 10.8. The summed E-state index contributed by atoms with van der Waals surface area (Å²) in [6.45, 7) is 3.92. The predicted octanol–water partition coefficient (Wildman–Crippen LogP) is 6.25. The smallest absolute Gasteiger partial charge is 0.330 e. The van der Waals surface area contributed by atoms with Gasteiger partial charge in [0.25, 0.3) is 0 Å². The molecule has 0 N–H and O–H groups in total. The van der Waals surface area contributed by atoms with Crippen molar-refractivity contribution in [2.45, 2.75) is 77.0 Å². The van der Waals surface area contributed by atoms with E-state index in [0.29, 0.717) is 6.61 Å². The van der Waals surface area contributed by atoms with E-state index in [1.54, 1.807) is 0 Å². The largest absolute Gasteiger partial charge is 0.463 e. The molecule has 0 aliphatic heterocycles. The molecule has 0 radical (unpaired) electrons. The van der Waals surface area contributed by atoms with Crippen molar-refractivity contribution < 1.29 is 9.53 Å². The van der Waals surface area contributed by atoms with Gasteiger partial charge in [0, 0.05) is 6.08 Å². The Morgan fingerprint density at radius 3 is 1.83 bits per heavy atom. The Morgan fingerprint density at radius 1 is 0.792 bits per heavy atom. The summed E-state index contributed by atoms with van der Waals surface area (Å²) in [4.78, 5) is 10.8. The first-order valence-corrected chi connectivity index (χ1v) is 9.66. The maximum absolute atomic E-state index is 10.8. The molecule has 0 unspecified atom stereocenters. The highest BCUT2D eigenvalue weighted by Crippen LogP contribution is 2.12. The second-order valence-electron chi connectivity index (χ2n) is 6.50. The SMILES string of the molecule is C=CC(=O)OCCCCCCCCCCCCCc1ccccc1. The molecule has 0 aliphatic carbocycles. The fourth-order valence-corrected chi connectivity index (χ4v) is 2.90. The summed E-state index contributed by atoms with van der Waals surface area (Å²) in [5.74, 6) is -0.307. The Kier molecular flexibility index (Phi) is 12.8. The number of benzene rings is 1. The normalized spacial score (nSPS) is 10.5. The van der Waals surface area contributed by atoms with Crippen LogP contribution in [0.25, 0.3) is 0 Å². The number of carbonyl (C=O) groups excluding carboxylic acids is 1. The minimum atomic E-state index is -0.307. The maximum Gasteiger partial charge on any atom is 0.330 e. The molecule has 0 saturated heterocycles. The van der Waals surface area contributed by atoms with Gasteiger partial charge in [-0.15, -0.1) is 0 Å². The fourth-order valence-electron chi connectivity index (χ4n) is 2.90. The zero-order valence-corrected chi connectivity index (χ0v) is 15.2. The van der Waals surface area contributed by atoms with Gasteiger partial charge in [-0.1, -0.05) is 94.7 Å². The molecular weight excluding hydrogens is 296 g/mol. The molecule has 24 heavy (non-hydrogen) atoms. The number of carbonyl (C=O) groups is 1. The molecule has 0 fully saturated rings. The fraction of sp³-hybridized carbons (Fsp3) is 0.591. The van der Waals surface area contributed by atoms with Crippen molar-refractivity contribution in [3.05, 3.63) is 48.6 Å². The van der Waals surface area contributed by atoms with Crippen LogP contribution in [0.3, 0.4) is 0 Å². The summed E-state index contributed by atoms with van der Waals surface area (Å²) in [6.07, 6.45) is 16.7. The molecule has 2 nitrogen and oxygen atoms in total. The van der Waals surface area contributed by atoms with Crippen LogP contribution in [0.2, 0.25) is 0 Å². The van der Waals surface area contributed by atoms with Crippen LogP contribution in [0, 0.1) is 0 Å². The van der Waals surface area contributed by atoms with E-state index >= 15 is 0 Å². The number of esters is 1. The molecule has 0 bridgehead atoms. The quantitative estimate of drug-likeness (QED) is 0.216. The van der Waals surface area contributed by atoms with Crippen LogP contribution in [0.15, 0.2) is 43.0 Å². The van der Waals surface area contributed by atoms with Crippen molar-refractivity contribution in [3.8, 4) is 0 Å². The van der Waals surface area contributed by atoms with Gasteiger partial charge in [0.05, 0.1) is 6.61 Å². The van der Waals surface area contributed by atoms with Gasteiger partial charge < -0.3 is 4.74 Å². The Morgan fingerprint density at radius 2 is 1.29 bits per heavy atom. The summed E-state index contributed by atoms with van der Waals surface area (Å²) in [5, 5.41) is 0. The lowest BCUT2D eigenvalue weighted by molar-refractivity contribution is -0.137. The van der Waals surface area contributed by atoms with E-state index in [0.717, 1.165) is 12.8 Å². The molecule has 2 heteroatoms. The molecule has 0 aliphatic rings. The van der Waals surface area contributed by atoms with Gasteiger partial charge in [0.2, 0.25) is 0 Å². The number of hydrogen-bond donors (Lipinski definition) is 0. The van der Waals surface area contributed by atoms with Crippen LogP contribution in [0.1, 0.15) is 76.2 Å². The Bertz CT molecular complexity index is 425. The molecular formula is C22H34O2. The summed E-state index contributed by atoms with van der Waals surface area (Å²) < 4.78 is 4.95. The first-order chi connectivity index (χ1) is 11.8. The number of ether oxygens (including phenoxy) is 1. The second-order valence-corrected chi connectivity index (χ2v) is 6.50. The summed E-state index contributed by atoms with van der Waals surface area (Å²) in [7, 11) is 0. The Hall–Kier alpha value is -1.57. The minimum Gasteiger partial charge on any atom is -0.463 e. The van der Waals surface area contributed by atoms with Gasteiger partial charge in [-0.25, -0.2) is 4.79 Å². The van der Waals surface area contributed by atoms with Crippen molar-refractivity contribution in [3.63, 3.8) is 0 Å². The highest BCUT2D eigenvalue weighted by atomic mass is 16.5. The lowest BCUT2D eigenvalue weighted by atomic mass is 10.0. The molecule has 0 spiro atoms. The molecule has 134 valence electrons. The third kappa shape index (κ3) is 11.9. The van der Waals surface area contributed by atoms with Gasteiger partial charge in [0.1, 0.15) is 0 Å². The van der Waals surface area contributed by atoms with E-state index in [4.69, 9.17) is 4.74 Å². The molecule has 0 aromatic heterocycles. The average Bonchev–Trinajstić information content (AvgIpc) is 2.62. The van der Waals surface area contributed by atoms with E-state index in [1.807, 2.05) is 0 Å². The van der Waals surface area contributed by atoms with E-state index in [-0.39, 0.29) is 5.97 Å². The lowest BCUT2D eigenvalue weighted by Gasteiger charge is -2.04. The third-order valence-corrected chi connectivity index (χ3v) is 4.36. The van der Waals surface area contributed by atoms with Crippen molar-refractivity contribution >= 4 is 5.97 Å². The van der Waals surface area contributed by atoms with E-state index in [2.05, 4.69) is 36.9 Å². The standard InChI is InChI=1S/C22H34O2/c1-2-22(23)24-20-16-11-9-7-5-3-4-6-8-10-13-17-21-18-14-12-15-19-21/h2,12,14-15,18-19H,1,3-11,13,16-17,20H2. The van der Waals surface area contributed by atoms with Crippen molar-refractivity contribution in [2.75, 3.05) is 6.61 Å². The zero-order valence-electron chi connectivity index (χ0n) is 15.2. The number of unbranched alkanes of at least 4 members (excludes halogenated alkanes) is 10. The molecule has 0 saturated carbocycles. The predicted molar refractivity (Wildman–Crippen MR) is 102 cm³/mol. The second kappa shape index (κ2) is 15.0. The number of hydrogen-bond acceptors (Lipinski definition) is 2. The van der Waals surface area contributed by atoms with Gasteiger partial charge >= 0.3 is 5.97 Å². The van der Waals surface area contributed by atoms with Crippen molar-refractivity contribution in [1.82, 2.24) is 0 Å². The van der Waals surface area contributed by atoms with Crippen LogP contribution >= 0.6 is 0 Å². The maximum atomic E-state index is 10.8. The monoisotopic (exact) mass is 330 g/mol. The first-order valence-electron chi connectivity index (χ1n) is 9.66. The van der Waals surface area contributed by atoms with Crippen molar-refractivity contribution in [1.29, 1.82) is 0 Å². The first kappa shape index (κ1) is 20.5. The summed E-state index contributed by atoms with van der Waals surface area (Å²) >= 11 is 0. The highest BCUT2D eigenvalue weighted by Gasteiger charge is 1.96. The Labute approximate surface area is 148 Å². The average molecular weight is 331 g/mol. The van der Waals surface area contributed by atoms with E-state index in [9.17, 15) is 4.79 Å². The van der Waals surface area contributed by atoms with Gasteiger partial charge in [-0.3, -0.25) is 0 Å². The van der Waals surface area contributed by atoms with E-state index < -0.39 is 0 Å². The van der Waals surface area contributed by atoms with Gasteiger partial charge in [-0.2, -0.15) is 0 Å². The van der Waals surface area contributed by atoms with E-state index in [1.165, 1.54) is 75.8 Å². The van der Waals surface area contributed by atoms with Crippen molar-refractivity contribution in [2.24, 2.45) is 0 Å². The van der Waals surface area contributed by atoms with Crippen LogP contribution in [0.4, 0.5) is 0 Å². The van der Waals surface area contributed by atoms with Crippen LogP contribution in [-0.4, -0.2) is 12.6 Å². The number of aryl methyl sites for hydroxylation is 1. The highest BCUT2D eigenvalue weighted by molar-refractivity contribution is 5.81. The molecule has 0 heterocycles. The van der Waals surface area contributed by atoms with Crippen LogP contribution in [0.5, 0.6) is 0 Å². The van der Waals surface area contributed by atoms with Crippen LogP contribution < -0.4 is 0 Å². The Balaban J connectivity index is 1.75. The molecule has 0 amide bonds. The van der Waals surface area contributed by atoms with Gasteiger partial charge in [-0.05, 0) is 24.8 Å². The molecule has 1 aromatic rings. The van der Waals surface area contributed by atoms with Gasteiger partial charge in [0.15, 0.2) is 0 Å². The third-order valence-electron chi connectivity index (χ3n) is 4.36. The van der Waals surface area contributed by atoms with Crippen LogP contribution in [-0.2, 0) is 16.0 Å².